The van der Waals surface area contributed by atoms with Gasteiger partial charge >= 0.3 is 0 Å². The Morgan fingerprint density at radius 1 is 1.06 bits per heavy atom. The summed E-state index contributed by atoms with van der Waals surface area (Å²) in [5.74, 6) is 0.154. The van der Waals surface area contributed by atoms with Crippen LogP contribution < -0.4 is 4.72 Å². The maximum absolute atomic E-state index is 11.1. The van der Waals surface area contributed by atoms with E-state index in [9.17, 15) is 8.42 Å². The first-order valence-corrected chi connectivity index (χ1v) is 7.62. The highest BCUT2D eigenvalue weighted by Crippen LogP contribution is 2.06. The normalized spacial score (nSPS) is 11.2. The lowest BCUT2D eigenvalue weighted by atomic mass is 10.1. The summed E-state index contributed by atoms with van der Waals surface area (Å²) >= 11 is 0. The molecule has 0 bridgehead atoms. The second-order valence-electron chi connectivity index (χ2n) is 3.83. The first-order chi connectivity index (χ1) is 7.62. The van der Waals surface area contributed by atoms with Gasteiger partial charge < -0.3 is 0 Å². The quantitative estimate of drug-likeness (QED) is 0.601. The van der Waals surface area contributed by atoms with Crippen LogP contribution in [0.1, 0.15) is 51.9 Å². The van der Waals surface area contributed by atoms with Crippen LogP contribution in [0.4, 0.5) is 0 Å². The molecule has 0 aromatic carbocycles. The molecule has 0 aliphatic carbocycles. The third-order valence-corrected chi connectivity index (χ3v) is 3.82. The van der Waals surface area contributed by atoms with Crippen LogP contribution in [0.2, 0.25) is 0 Å². The van der Waals surface area contributed by atoms with Crippen molar-refractivity contribution in [2.45, 2.75) is 51.9 Å². The van der Waals surface area contributed by atoms with E-state index < -0.39 is 10.0 Å². The monoisotopic (exact) mass is 246 g/mol. The van der Waals surface area contributed by atoms with E-state index in [1.54, 1.807) is 6.92 Å². The Labute approximate surface area is 99.1 Å². The van der Waals surface area contributed by atoms with Crippen molar-refractivity contribution in [3.63, 3.8) is 0 Å². The van der Waals surface area contributed by atoms with Crippen molar-refractivity contribution in [2.75, 3.05) is 12.3 Å². The zero-order valence-corrected chi connectivity index (χ0v) is 10.9. The summed E-state index contributed by atoms with van der Waals surface area (Å²) in [5.41, 5.74) is 0. The maximum atomic E-state index is 11.1. The molecule has 0 unspecified atom stereocenters. The number of hydrogen-bond donors (Lipinski definition) is 1. The van der Waals surface area contributed by atoms with E-state index in [1.165, 1.54) is 0 Å². The fourth-order valence-electron chi connectivity index (χ4n) is 1.37. The average molecular weight is 246 g/mol. The highest BCUT2D eigenvalue weighted by molar-refractivity contribution is 7.89. The molecule has 0 heterocycles. The van der Waals surface area contributed by atoms with Gasteiger partial charge in [0.2, 0.25) is 10.0 Å². The van der Waals surface area contributed by atoms with Crippen molar-refractivity contribution in [3.05, 3.63) is 0 Å². The second-order valence-corrected chi connectivity index (χ2v) is 5.92. The van der Waals surface area contributed by atoms with Crippen molar-refractivity contribution >= 4 is 10.0 Å². The van der Waals surface area contributed by atoms with Crippen LogP contribution in [-0.2, 0) is 10.0 Å². The molecule has 0 spiro atoms. The number of nitrogens with zero attached hydrogens (tertiary/aromatic N) is 1. The van der Waals surface area contributed by atoms with E-state index in [1.807, 2.05) is 0 Å². The zero-order chi connectivity index (χ0) is 12.3. The Hall–Kier alpha value is -0.600. The molecule has 0 rings (SSSR count). The fourth-order valence-corrected chi connectivity index (χ4v) is 2.03. The molecule has 0 saturated carbocycles. The number of nitrogens with one attached hydrogen (secondary N) is 1. The molecule has 4 nitrogen and oxygen atoms in total. The summed E-state index contributed by atoms with van der Waals surface area (Å²) in [5, 5.41) is 8.32. The highest BCUT2D eigenvalue weighted by atomic mass is 32.2. The predicted molar refractivity (Wildman–Crippen MR) is 65.4 cm³/mol. The van der Waals surface area contributed by atoms with Gasteiger partial charge in [0.05, 0.1) is 11.8 Å². The van der Waals surface area contributed by atoms with E-state index in [0.717, 1.165) is 38.5 Å². The molecule has 94 valence electrons. The molecule has 0 fully saturated rings. The summed E-state index contributed by atoms with van der Waals surface area (Å²) < 4.78 is 24.7. The molecular weight excluding hydrogens is 224 g/mol. The third-order valence-electron chi connectivity index (χ3n) is 2.42. The Bertz CT molecular complexity index is 294. The van der Waals surface area contributed by atoms with E-state index in [2.05, 4.69) is 10.8 Å². The standard InChI is InChI=1S/C11H22N2O2S/c1-2-16(14,15)13-11-9-7-5-3-4-6-8-10-12/h13H,2-9,11H2,1H3. The molecule has 0 aromatic rings. The summed E-state index contributed by atoms with van der Waals surface area (Å²) in [7, 11) is -3.01. The number of unbranched alkanes of at least 4 members (excludes halogenated alkanes) is 6. The summed E-state index contributed by atoms with van der Waals surface area (Å²) in [4.78, 5) is 0. The molecular formula is C11H22N2O2S. The molecule has 0 aliphatic heterocycles. The lowest BCUT2D eigenvalue weighted by Gasteiger charge is -2.03. The van der Waals surface area contributed by atoms with E-state index in [4.69, 9.17) is 5.26 Å². The van der Waals surface area contributed by atoms with Gasteiger partial charge in [0.1, 0.15) is 0 Å². The van der Waals surface area contributed by atoms with Crippen LogP contribution in [0.15, 0.2) is 0 Å². The van der Waals surface area contributed by atoms with Gasteiger partial charge in [-0.15, -0.1) is 0 Å². The Kier molecular flexibility index (Phi) is 9.25. The topological polar surface area (TPSA) is 70.0 Å². The first-order valence-electron chi connectivity index (χ1n) is 5.96. The van der Waals surface area contributed by atoms with Gasteiger partial charge in [-0.2, -0.15) is 5.26 Å². The predicted octanol–water partition coefficient (Wildman–Crippen LogP) is 2.18. The van der Waals surface area contributed by atoms with Crippen LogP contribution >= 0.6 is 0 Å². The van der Waals surface area contributed by atoms with Crippen LogP contribution in [-0.4, -0.2) is 20.7 Å². The number of hydrogen-bond acceptors (Lipinski definition) is 3. The Morgan fingerprint density at radius 2 is 1.62 bits per heavy atom. The van der Waals surface area contributed by atoms with Gasteiger partial charge in [0.15, 0.2) is 0 Å². The number of rotatable bonds is 10. The van der Waals surface area contributed by atoms with Crippen LogP contribution in [0.5, 0.6) is 0 Å². The van der Waals surface area contributed by atoms with E-state index in [0.29, 0.717) is 13.0 Å². The molecule has 0 atom stereocenters. The number of sulfonamides is 1. The van der Waals surface area contributed by atoms with Crippen LogP contribution in [0.3, 0.4) is 0 Å². The number of nitriles is 1. The first kappa shape index (κ1) is 15.4. The minimum atomic E-state index is -3.01. The SMILES string of the molecule is CCS(=O)(=O)NCCCCCCCCC#N. The lowest BCUT2D eigenvalue weighted by molar-refractivity contribution is 0.567. The molecule has 0 amide bonds. The van der Waals surface area contributed by atoms with Gasteiger partial charge in [-0.05, 0) is 19.8 Å². The Morgan fingerprint density at radius 3 is 2.19 bits per heavy atom. The van der Waals surface area contributed by atoms with Crippen molar-refractivity contribution < 1.29 is 8.42 Å². The van der Waals surface area contributed by atoms with Crippen LogP contribution in [0, 0.1) is 11.3 Å². The van der Waals surface area contributed by atoms with Gasteiger partial charge in [0.25, 0.3) is 0 Å². The molecule has 0 aliphatic rings. The third kappa shape index (κ3) is 9.94. The zero-order valence-electron chi connectivity index (χ0n) is 10.0. The van der Waals surface area contributed by atoms with Crippen molar-refractivity contribution in [1.29, 1.82) is 5.26 Å². The lowest BCUT2D eigenvalue weighted by Crippen LogP contribution is -2.26. The van der Waals surface area contributed by atoms with Gasteiger partial charge in [-0.3, -0.25) is 0 Å². The minimum Gasteiger partial charge on any atom is -0.215 e. The smallest absolute Gasteiger partial charge is 0.211 e. The van der Waals surface area contributed by atoms with Gasteiger partial charge in [0, 0.05) is 13.0 Å². The average Bonchev–Trinajstić information content (AvgIpc) is 2.27. The largest absolute Gasteiger partial charge is 0.215 e. The highest BCUT2D eigenvalue weighted by Gasteiger charge is 2.03. The van der Waals surface area contributed by atoms with Crippen molar-refractivity contribution in [3.8, 4) is 6.07 Å². The molecule has 5 heteroatoms. The Balaban J connectivity index is 3.20. The van der Waals surface area contributed by atoms with Crippen molar-refractivity contribution in [1.82, 2.24) is 4.72 Å². The second kappa shape index (κ2) is 9.61. The molecule has 1 N–H and O–H groups in total. The summed E-state index contributed by atoms with van der Waals surface area (Å²) in [6.07, 6.45) is 6.96. The van der Waals surface area contributed by atoms with E-state index in [-0.39, 0.29) is 5.75 Å². The maximum Gasteiger partial charge on any atom is 0.211 e. The fraction of sp³-hybridized carbons (Fsp3) is 0.909. The van der Waals surface area contributed by atoms with E-state index >= 15 is 0 Å². The summed E-state index contributed by atoms with van der Waals surface area (Å²) in [6, 6.07) is 2.13. The van der Waals surface area contributed by atoms with Crippen molar-refractivity contribution in [2.24, 2.45) is 0 Å². The van der Waals surface area contributed by atoms with Gasteiger partial charge in [-0.1, -0.05) is 25.7 Å². The molecule has 16 heavy (non-hydrogen) atoms. The van der Waals surface area contributed by atoms with Crippen LogP contribution in [0.25, 0.3) is 0 Å². The molecule has 0 saturated heterocycles. The van der Waals surface area contributed by atoms with Gasteiger partial charge in [-0.25, -0.2) is 13.1 Å². The minimum absolute atomic E-state index is 0.154. The summed E-state index contributed by atoms with van der Waals surface area (Å²) in [6.45, 7) is 2.19. The molecule has 0 aromatic heterocycles. The molecule has 0 radical (unpaired) electrons.